The van der Waals surface area contributed by atoms with Crippen LogP contribution < -0.4 is 5.43 Å². The highest BCUT2D eigenvalue weighted by Gasteiger charge is 2.16. The molecule has 2 nitrogen and oxygen atoms in total. The van der Waals surface area contributed by atoms with E-state index >= 15 is 0 Å². The van der Waals surface area contributed by atoms with Gasteiger partial charge in [-0.25, -0.2) is 8.78 Å². The molecule has 0 amide bonds. The first kappa shape index (κ1) is 11.3. The van der Waals surface area contributed by atoms with Gasteiger partial charge in [0.1, 0.15) is 5.82 Å². The van der Waals surface area contributed by atoms with E-state index in [1.54, 1.807) is 13.8 Å². The molecule has 1 aromatic heterocycles. The molecule has 0 unspecified atom stereocenters. The third-order valence-corrected chi connectivity index (χ3v) is 3.19. The summed E-state index contributed by atoms with van der Waals surface area (Å²) in [6, 6.07) is 1.00. The average Bonchev–Trinajstić information content (AvgIpc) is 2.22. The molecule has 0 bridgehead atoms. The lowest BCUT2D eigenvalue weighted by molar-refractivity contribution is 0.609. The second-order valence-electron chi connectivity index (χ2n) is 3.61. The topological polar surface area (TPSA) is 32.9 Å². The average molecular weight is 288 g/mol. The Morgan fingerprint density at radius 2 is 1.94 bits per heavy atom. The molecule has 0 saturated heterocycles. The van der Waals surface area contributed by atoms with Gasteiger partial charge in [0.25, 0.3) is 0 Å². The van der Waals surface area contributed by atoms with Crippen molar-refractivity contribution < 1.29 is 8.78 Å². The summed E-state index contributed by atoms with van der Waals surface area (Å²) in [4.78, 5) is 14.5. The van der Waals surface area contributed by atoms with E-state index in [9.17, 15) is 13.6 Å². The highest BCUT2D eigenvalue weighted by molar-refractivity contribution is 9.10. The molecule has 0 aliphatic carbocycles. The number of H-pyrrole nitrogens is 1. The Bertz CT molecular complexity index is 649. The minimum Gasteiger partial charge on any atom is -0.356 e. The molecule has 16 heavy (non-hydrogen) atoms. The van der Waals surface area contributed by atoms with Crippen molar-refractivity contribution in [3.8, 4) is 0 Å². The number of hydrogen-bond acceptors (Lipinski definition) is 1. The summed E-state index contributed by atoms with van der Waals surface area (Å²) >= 11 is 2.88. The lowest BCUT2D eigenvalue weighted by Crippen LogP contribution is -2.12. The molecule has 2 aromatic rings. The van der Waals surface area contributed by atoms with Gasteiger partial charge in [-0.15, -0.1) is 0 Å². The minimum atomic E-state index is -0.735. The largest absolute Gasteiger partial charge is 0.356 e. The normalized spacial score (nSPS) is 11.1. The molecule has 0 aliphatic heterocycles. The first-order valence-corrected chi connectivity index (χ1v) is 5.39. The van der Waals surface area contributed by atoms with E-state index < -0.39 is 17.1 Å². The lowest BCUT2D eigenvalue weighted by atomic mass is 10.1. The van der Waals surface area contributed by atoms with Crippen molar-refractivity contribution in [2.24, 2.45) is 0 Å². The highest BCUT2D eigenvalue weighted by Crippen LogP contribution is 2.25. The molecular weight excluding hydrogens is 280 g/mol. The fourth-order valence-electron chi connectivity index (χ4n) is 1.57. The van der Waals surface area contributed by atoms with E-state index in [-0.39, 0.29) is 15.4 Å². The highest BCUT2D eigenvalue weighted by atomic mass is 79.9. The first-order valence-electron chi connectivity index (χ1n) is 4.60. The summed E-state index contributed by atoms with van der Waals surface area (Å²) < 4.78 is 27.2. The van der Waals surface area contributed by atoms with Crippen molar-refractivity contribution >= 4 is 26.8 Å². The van der Waals surface area contributed by atoms with Crippen LogP contribution >= 0.6 is 15.9 Å². The number of rotatable bonds is 0. The van der Waals surface area contributed by atoms with Crippen LogP contribution in [0, 0.1) is 25.5 Å². The number of aromatic nitrogens is 1. The number of nitrogens with one attached hydrogen (secondary N) is 1. The fraction of sp³-hybridized carbons (Fsp3) is 0.182. The van der Waals surface area contributed by atoms with Gasteiger partial charge < -0.3 is 4.98 Å². The predicted molar refractivity (Wildman–Crippen MR) is 61.7 cm³/mol. The van der Waals surface area contributed by atoms with Gasteiger partial charge in [-0.1, -0.05) is 0 Å². The lowest BCUT2D eigenvalue weighted by Gasteiger charge is -2.07. The van der Waals surface area contributed by atoms with Crippen LogP contribution in [-0.2, 0) is 0 Å². The van der Waals surface area contributed by atoms with Crippen LogP contribution in [-0.4, -0.2) is 4.98 Å². The van der Waals surface area contributed by atoms with Crippen LogP contribution in [0.5, 0.6) is 0 Å². The van der Waals surface area contributed by atoms with Crippen molar-refractivity contribution in [1.82, 2.24) is 4.98 Å². The van der Waals surface area contributed by atoms with Crippen molar-refractivity contribution in [1.29, 1.82) is 0 Å². The van der Waals surface area contributed by atoms with Crippen LogP contribution in [0.25, 0.3) is 10.9 Å². The summed E-state index contributed by atoms with van der Waals surface area (Å²) in [6.45, 7) is 3.22. The zero-order chi connectivity index (χ0) is 12.0. The van der Waals surface area contributed by atoms with Gasteiger partial charge >= 0.3 is 0 Å². The van der Waals surface area contributed by atoms with Gasteiger partial charge in [0.15, 0.2) is 11.2 Å². The maximum atomic E-state index is 13.7. The Balaban J connectivity index is 3.14. The van der Waals surface area contributed by atoms with Gasteiger partial charge in [-0.05, 0) is 35.8 Å². The van der Waals surface area contributed by atoms with E-state index in [0.29, 0.717) is 11.3 Å². The molecule has 0 fully saturated rings. The quantitative estimate of drug-likeness (QED) is 0.742. The number of pyridine rings is 1. The number of fused-ring (bicyclic) bond motifs is 1. The smallest absolute Gasteiger partial charge is 0.195 e. The Kier molecular flexibility index (Phi) is 2.58. The van der Waals surface area contributed by atoms with Crippen molar-refractivity contribution in [3.63, 3.8) is 0 Å². The van der Waals surface area contributed by atoms with Gasteiger partial charge in [-0.3, -0.25) is 4.79 Å². The molecule has 2 rings (SSSR count). The third kappa shape index (κ3) is 1.46. The number of aryl methyl sites for hydroxylation is 1. The van der Waals surface area contributed by atoms with E-state index in [0.717, 1.165) is 6.07 Å². The second kappa shape index (κ2) is 3.66. The monoisotopic (exact) mass is 287 g/mol. The Labute approximate surface area is 98.4 Å². The first-order chi connectivity index (χ1) is 7.43. The van der Waals surface area contributed by atoms with E-state index in [2.05, 4.69) is 20.9 Å². The van der Waals surface area contributed by atoms with Crippen LogP contribution in [0.1, 0.15) is 11.3 Å². The Hall–Kier alpha value is -1.23. The number of halogens is 3. The van der Waals surface area contributed by atoms with Gasteiger partial charge in [-0.2, -0.15) is 0 Å². The summed E-state index contributed by atoms with van der Waals surface area (Å²) in [7, 11) is 0. The van der Waals surface area contributed by atoms with Gasteiger partial charge in [0.2, 0.25) is 0 Å². The number of benzene rings is 1. The molecule has 1 heterocycles. The molecule has 84 valence electrons. The fourth-order valence-corrected chi connectivity index (χ4v) is 1.97. The third-order valence-electron chi connectivity index (χ3n) is 2.61. The summed E-state index contributed by atoms with van der Waals surface area (Å²) in [5, 5.41) is -0.241. The molecule has 0 saturated carbocycles. The van der Waals surface area contributed by atoms with Crippen molar-refractivity contribution in [2.75, 3.05) is 0 Å². The molecule has 0 aliphatic rings. The summed E-state index contributed by atoms with van der Waals surface area (Å²) in [5.41, 5.74) is 0.361. The molecular formula is C11H8BrF2NO. The zero-order valence-electron chi connectivity index (χ0n) is 8.62. The van der Waals surface area contributed by atoms with Gasteiger partial charge in [0.05, 0.1) is 15.4 Å². The van der Waals surface area contributed by atoms with E-state index in [1.165, 1.54) is 0 Å². The van der Waals surface area contributed by atoms with Crippen LogP contribution in [0.2, 0.25) is 0 Å². The Morgan fingerprint density at radius 3 is 2.56 bits per heavy atom. The zero-order valence-corrected chi connectivity index (χ0v) is 10.2. The van der Waals surface area contributed by atoms with Crippen molar-refractivity contribution in [3.05, 3.63) is 43.7 Å². The minimum absolute atomic E-state index is 0.0498. The molecule has 5 heteroatoms. The van der Waals surface area contributed by atoms with E-state index in [1.807, 2.05) is 0 Å². The Morgan fingerprint density at radius 1 is 1.31 bits per heavy atom. The van der Waals surface area contributed by atoms with Gasteiger partial charge in [0, 0.05) is 11.3 Å². The number of hydrogen-bond donors (Lipinski definition) is 1. The summed E-state index contributed by atoms with van der Waals surface area (Å²) in [5.74, 6) is -1.38. The molecule has 0 atom stereocenters. The van der Waals surface area contributed by atoms with Crippen LogP contribution in [0.15, 0.2) is 15.3 Å². The van der Waals surface area contributed by atoms with Crippen molar-refractivity contribution in [2.45, 2.75) is 13.8 Å². The molecule has 1 aromatic carbocycles. The van der Waals surface area contributed by atoms with Crippen LogP contribution in [0.3, 0.4) is 0 Å². The predicted octanol–water partition coefficient (Wildman–Crippen LogP) is 3.19. The van der Waals surface area contributed by atoms with Crippen LogP contribution in [0.4, 0.5) is 8.78 Å². The molecule has 0 spiro atoms. The second-order valence-corrected chi connectivity index (χ2v) is 4.46. The SMILES string of the molecule is Cc1[nH]c2c(F)cc(Br)c(F)c2c(=O)c1C. The molecule has 1 N–H and O–H groups in total. The van der Waals surface area contributed by atoms with E-state index in [4.69, 9.17) is 0 Å². The number of aromatic amines is 1. The maximum absolute atomic E-state index is 13.7. The maximum Gasteiger partial charge on any atom is 0.195 e. The standard InChI is InChI=1S/C11H8BrF2NO/c1-4-5(2)15-10-7(13)3-6(12)9(14)8(10)11(4)16/h3H,1-2H3,(H,15,16). The molecule has 0 radical (unpaired) electrons. The summed E-state index contributed by atoms with van der Waals surface area (Å²) in [6.07, 6.45) is 0.